The third kappa shape index (κ3) is 3.68. The van der Waals surface area contributed by atoms with Crippen LogP contribution in [0, 0.1) is 5.41 Å². The molecular formula is C20H26N8. The first kappa shape index (κ1) is 18.4. The highest BCUT2D eigenvalue weighted by atomic mass is 15.3. The molecule has 1 aliphatic heterocycles. The normalized spacial score (nSPS) is 16.0. The molecule has 1 aliphatic rings. The molecule has 3 N–H and O–H groups in total. The maximum atomic E-state index is 7.89. The summed E-state index contributed by atoms with van der Waals surface area (Å²) in [6.45, 7) is 6.23. The van der Waals surface area contributed by atoms with Crippen LogP contribution in [0.25, 0.3) is 22.3 Å². The number of fused-ring (bicyclic) bond motifs is 1. The number of allylic oxidation sites excluding steroid dienone is 1. The fourth-order valence-corrected chi connectivity index (χ4v) is 3.41. The fraction of sp³-hybridized carbons (Fsp3) is 0.400. The molecule has 0 saturated carbocycles. The van der Waals surface area contributed by atoms with Gasteiger partial charge in [-0.3, -0.25) is 4.68 Å². The molecule has 0 bridgehead atoms. The number of nitrogens with one attached hydrogen (secondary N) is 3. The molecule has 28 heavy (non-hydrogen) atoms. The van der Waals surface area contributed by atoms with Crippen LogP contribution in [0.5, 0.6) is 0 Å². The number of rotatable bonds is 6. The first-order valence-electron chi connectivity index (χ1n) is 9.72. The third-order valence-corrected chi connectivity index (χ3v) is 5.06. The molecule has 0 aliphatic carbocycles. The summed E-state index contributed by atoms with van der Waals surface area (Å²) < 4.78 is 3.73. The number of aromatic nitrogens is 5. The van der Waals surface area contributed by atoms with E-state index in [2.05, 4.69) is 34.7 Å². The van der Waals surface area contributed by atoms with Crippen molar-refractivity contribution in [1.29, 1.82) is 5.41 Å². The smallest absolute Gasteiger partial charge is 0.0999 e. The van der Waals surface area contributed by atoms with Gasteiger partial charge in [0.2, 0.25) is 0 Å². The van der Waals surface area contributed by atoms with E-state index in [1.807, 2.05) is 40.1 Å². The van der Waals surface area contributed by atoms with Crippen LogP contribution in [-0.2, 0) is 0 Å². The van der Waals surface area contributed by atoms with Crippen LogP contribution in [0.1, 0.15) is 38.4 Å². The van der Waals surface area contributed by atoms with E-state index < -0.39 is 0 Å². The summed E-state index contributed by atoms with van der Waals surface area (Å²) in [5.41, 5.74) is 4.12. The Labute approximate surface area is 164 Å². The molecule has 8 heteroatoms. The van der Waals surface area contributed by atoms with Gasteiger partial charge in [-0.05, 0) is 45.8 Å². The lowest BCUT2D eigenvalue weighted by atomic mass is 10.1. The standard InChI is InChI=1S/C20H26N8/c1-14(2)27-12-16(11-25-27)20-19-5-8-24-28(19)13-18(26-20)15(9-21)10-23-17-3-6-22-7-4-17/h5,8-14,17,21-23H,3-4,6-7H2,1-2H3/b15-10+,21-9?. The first-order chi connectivity index (χ1) is 13.7. The Bertz CT molecular complexity index is 991. The second-order valence-electron chi connectivity index (χ2n) is 7.37. The third-order valence-electron chi connectivity index (χ3n) is 5.06. The lowest BCUT2D eigenvalue weighted by Gasteiger charge is -2.23. The summed E-state index contributed by atoms with van der Waals surface area (Å²) in [5.74, 6) is 0. The number of nitrogens with zero attached hydrogens (tertiary/aromatic N) is 5. The summed E-state index contributed by atoms with van der Waals surface area (Å²) in [6.07, 6.45) is 12.9. The van der Waals surface area contributed by atoms with E-state index in [1.54, 1.807) is 6.20 Å². The monoisotopic (exact) mass is 378 g/mol. The minimum Gasteiger partial charge on any atom is -0.387 e. The van der Waals surface area contributed by atoms with E-state index in [4.69, 9.17) is 10.4 Å². The van der Waals surface area contributed by atoms with Crippen molar-refractivity contribution in [3.8, 4) is 11.3 Å². The van der Waals surface area contributed by atoms with E-state index in [0.29, 0.717) is 11.7 Å². The quantitative estimate of drug-likeness (QED) is 0.573. The molecule has 1 fully saturated rings. The predicted octanol–water partition coefficient (Wildman–Crippen LogP) is 2.51. The van der Waals surface area contributed by atoms with Gasteiger partial charge in [0.05, 0.1) is 35.5 Å². The molecule has 0 radical (unpaired) electrons. The molecule has 4 heterocycles. The molecule has 146 valence electrons. The van der Waals surface area contributed by atoms with Gasteiger partial charge in [-0.2, -0.15) is 10.2 Å². The molecule has 3 aromatic rings. The summed E-state index contributed by atoms with van der Waals surface area (Å²) in [5, 5.41) is 23.5. The minimum atomic E-state index is 0.282. The van der Waals surface area contributed by atoms with E-state index >= 15 is 0 Å². The highest BCUT2D eigenvalue weighted by molar-refractivity contribution is 6.07. The Hall–Kier alpha value is -3.00. The zero-order chi connectivity index (χ0) is 19.5. The van der Waals surface area contributed by atoms with Crippen LogP contribution in [-0.4, -0.2) is 49.7 Å². The summed E-state index contributed by atoms with van der Waals surface area (Å²) in [6, 6.07) is 2.65. The molecule has 8 nitrogen and oxygen atoms in total. The van der Waals surface area contributed by atoms with E-state index in [1.165, 1.54) is 6.21 Å². The molecule has 0 unspecified atom stereocenters. The molecule has 0 atom stereocenters. The summed E-state index contributed by atoms with van der Waals surface area (Å²) in [7, 11) is 0. The van der Waals surface area contributed by atoms with Crippen molar-refractivity contribution in [2.45, 2.75) is 38.8 Å². The van der Waals surface area contributed by atoms with E-state index in [9.17, 15) is 0 Å². The SMILES string of the molecule is CC(C)n1cc(-c2nc(/C(C=N)=C/NC3CCNCC3)cn3nccc23)cn1. The molecule has 0 spiro atoms. The van der Waals surface area contributed by atoms with Gasteiger partial charge < -0.3 is 16.0 Å². The van der Waals surface area contributed by atoms with Gasteiger partial charge in [0.15, 0.2) is 0 Å². The molecule has 1 saturated heterocycles. The van der Waals surface area contributed by atoms with Gasteiger partial charge in [-0.15, -0.1) is 0 Å². The van der Waals surface area contributed by atoms with Crippen LogP contribution in [0.3, 0.4) is 0 Å². The molecule has 0 amide bonds. The maximum Gasteiger partial charge on any atom is 0.0999 e. The van der Waals surface area contributed by atoms with Gasteiger partial charge in [-0.1, -0.05) is 0 Å². The average molecular weight is 378 g/mol. The second-order valence-corrected chi connectivity index (χ2v) is 7.37. The van der Waals surface area contributed by atoms with Gasteiger partial charge in [-0.25, -0.2) is 9.50 Å². The lowest BCUT2D eigenvalue weighted by Crippen LogP contribution is -2.37. The summed E-state index contributed by atoms with van der Waals surface area (Å²) >= 11 is 0. The molecule has 3 aromatic heterocycles. The van der Waals surface area contributed by atoms with Crippen LogP contribution in [0.4, 0.5) is 0 Å². The van der Waals surface area contributed by atoms with E-state index in [0.717, 1.165) is 48.3 Å². The van der Waals surface area contributed by atoms with Crippen molar-refractivity contribution < 1.29 is 0 Å². The van der Waals surface area contributed by atoms with Crippen LogP contribution in [0.15, 0.2) is 37.1 Å². The zero-order valence-electron chi connectivity index (χ0n) is 16.3. The molecule has 0 aromatic carbocycles. The fourth-order valence-electron chi connectivity index (χ4n) is 3.41. The van der Waals surface area contributed by atoms with E-state index in [-0.39, 0.29) is 6.04 Å². The van der Waals surface area contributed by atoms with Crippen molar-refractivity contribution in [2.24, 2.45) is 0 Å². The van der Waals surface area contributed by atoms with Crippen molar-refractivity contribution in [3.63, 3.8) is 0 Å². The number of hydrogen-bond donors (Lipinski definition) is 3. The Morgan fingerprint density at radius 2 is 2.11 bits per heavy atom. The first-order valence-corrected chi connectivity index (χ1v) is 9.72. The number of hydrogen-bond acceptors (Lipinski definition) is 6. The van der Waals surface area contributed by atoms with Gasteiger partial charge >= 0.3 is 0 Å². The van der Waals surface area contributed by atoms with Crippen LogP contribution >= 0.6 is 0 Å². The van der Waals surface area contributed by atoms with Crippen molar-refractivity contribution >= 4 is 17.3 Å². The average Bonchev–Trinajstić information content (AvgIpc) is 3.38. The highest BCUT2D eigenvalue weighted by Gasteiger charge is 2.15. The van der Waals surface area contributed by atoms with Crippen molar-refractivity contribution in [2.75, 3.05) is 13.1 Å². The highest BCUT2D eigenvalue weighted by Crippen LogP contribution is 2.25. The molecular weight excluding hydrogens is 352 g/mol. The Kier molecular flexibility index (Phi) is 5.21. The van der Waals surface area contributed by atoms with Crippen molar-refractivity contribution in [3.05, 3.63) is 42.7 Å². The van der Waals surface area contributed by atoms with Crippen LogP contribution < -0.4 is 10.6 Å². The Balaban J connectivity index is 1.71. The predicted molar refractivity (Wildman–Crippen MR) is 110 cm³/mol. The summed E-state index contributed by atoms with van der Waals surface area (Å²) in [4.78, 5) is 4.86. The maximum absolute atomic E-state index is 7.89. The van der Waals surface area contributed by atoms with Gasteiger partial charge in [0.1, 0.15) is 0 Å². The van der Waals surface area contributed by atoms with Crippen molar-refractivity contribution in [1.82, 2.24) is 35.0 Å². The second kappa shape index (κ2) is 7.93. The van der Waals surface area contributed by atoms with Crippen LogP contribution in [0.2, 0.25) is 0 Å². The number of piperidine rings is 1. The molecule has 4 rings (SSSR count). The zero-order valence-corrected chi connectivity index (χ0v) is 16.3. The lowest BCUT2D eigenvalue weighted by molar-refractivity contribution is 0.420. The minimum absolute atomic E-state index is 0.282. The largest absolute Gasteiger partial charge is 0.387 e. The Morgan fingerprint density at radius 1 is 1.29 bits per heavy atom. The topological polar surface area (TPSA) is 95.9 Å². The Morgan fingerprint density at radius 3 is 2.82 bits per heavy atom. The van der Waals surface area contributed by atoms with Gasteiger partial charge in [0, 0.05) is 41.8 Å². The van der Waals surface area contributed by atoms with Gasteiger partial charge in [0.25, 0.3) is 0 Å².